The van der Waals surface area contributed by atoms with Crippen LogP contribution >= 0.6 is 0 Å². The summed E-state index contributed by atoms with van der Waals surface area (Å²) >= 11 is 0. The first-order valence-corrected chi connectivity index (χ1v) is 7.58. The number of esters is 1. The fourth-order valence-electron chi connectivity index (χ4n) is 3.13. The third kappa shape index (κ3) is 3.47. The van der Waals surface area contributed by atoms with Gasteiger partial charge in [-0.1, -0.05) is 40.0 Å². The molecular weight excluding hydrogens is 226 g/mol. The van der Waals surface area contributed by atoms with Gasteiger partial charge in [0.1, 0.15) is 11.6 Å². The Balaban J connectivity index is 2.75. The SMILES string of the molecule is CCC(N)C(=O)OC(CC)(CC)C1CCCCC1. The standard InChI is InChI=1S/C15H29NO2/c1-4-13(16)14(17)18-15(5-2,6-3)12-10-8-7-9-11-12/h12-13H,4-11,16H2,1-3H3. The monoisotopic (exact) mass is 255 g/mol. The van der Waals surface area contributed by atoms with Crippen LogP contribution in [-0.2, 0) is 9.53 Å². The molecule has 1 aliphatic carbocycles. The molecule has 0 aliphatic heterocycles. The molecule has 3 heteroatoms. The van der Waals surface area contributed by atoms with Gasteiger partial charge in [-0.2, -0.15) is 0 Å². The molecule has 0 saturated heterocycles. The van der Waals surface area contributed by atoms with Gasteiger partial charge < -0.3 is 10.5 Å². The van der Waals surface area contributed by atoms with E-state index in [1.807, 2.05) is 6.92 Å². The van der Waals surface area contributed by atoms with Crippen LogP contribution in [0, 0.1) is 5.92 Å². The Morgan fingerprint density at radius 2 is 1.78 bits per heavy atom. The van der Waals surface area contributed by atoms with E-state index in [2.05, 4.69) is 13.8 Å². The molecular formula is C15H29NO2. The number of ether oxygens (including phenoxy) is 1. The molecule has 0 radical (unpaired) electrons. The zero-order valence-corrected chi connectivity index (χ0v) is 12.2. The molecule has 1 aliphatic rings. The number of carbonyl (C=O) groups excluding carboxylic acids is 1. The average molecular weight is 255 g/mol. The third-order valence-corrected chi connectivity index (χ3v) is 4.59. The van der Waals surface area contributed by atoms with E-state index in [9.17, 15) is 4.79 Å². The smallest absolute Gasteiger partial charge is 0.323 e. The molecule has 0 amide bonds. The minimum Gasteiger partial charge on any atom is -0.458 e. The van der Waals surface area contributed by atoms with Crippen molar-refractivity contribution < 1.29 is 9.53 Å². The molecule has 0 aromatic heterocycles. The maximum absolute atomic E-state index is 12.0. The summed E-state index contributed by atoms with van der Waals surface area (Å²) in [5.41, 5.74) is 5.51. The van der Waals surface area contributed by atoms with Gasteiger partial charge in [-0.3, -0.25) is 4.79 Å². The van der Waals surface area contributed by atoms with Gasteiger partial charge in [0, 0.05) is 0 Å². The Hall–Kier alpha value is -0.570. The number of rotatable bonds is 6. The molecule has 0 heterocycles. The van der Waals surface area contributed by atoms with Crippen LogP contribution in [0.25, 0.3) is 0 Å². The minimum absolute atomic E-state index is 0.216. The van der Waals surface area contributed by atoms with Gasteiger partial charge in [-0.05, 0) is 38.0 Å². The topological polar surface area (TPSA) is 52.3 Å². The number of nitrogens with two attached hydrogens (primary N) is 1. The Morgan fingerprint density at radius 3 is 2.22 bits per heavy atom. The lowest BCUT2D eigenvalue weighted by atomic mass is 9.74. The highest BCUT2D eigenvalue weighted by atomic mass is 16.6. The lowest BCUT2D eigenvalue weighted by Crippen LogP contribution is -2.46. The summed E-state index contributed by atoms with van der Waals surface area (Å²) in [6, 6.07) is -0.467. The van der Waals surface area contributed by atoms with Crippen molar-refractivity contribution in [2.45, 2.75) is 83.8 Å². The number of hydrogen-bond acceptors (Lipinski definition) is 3. The first-order valence-electron chi connectivity index (χ1n) is 7.58. The Kier molecular flexibility index (Phi) is 6.13. The van der Waals surface area contributed by atoms with Crippen molar-refractivity contribution in [2.75, 3.05) is 0 Å². The van der Waals surface area contributed by atoms with Crippen LogP contribution in [0.4, 0.5) is 0 Å². The van der Waals surface area contributed by atoms with E-state index in [0.717, 1.165) is 12.8 Å². The highest BCUT2D eigenvalue weighted by molar-refractivity contribution is 5.75. The quantitative estimate of drug-likeness (QED) is 0.740. The normalized spacial score (nSPS) is 19.6. The molecule has 0 bridgehead atoms. The third-order valence-electron chi connectivity index (χ3n) is 4.59. The second-order valence-corrected chi connectivity index (χ2v) is 5.54. The molecule has 0 aromatic rings. The summed E-state index contributed by atoms with van der Waals surface area (Å²) in [7, 11) is 0. The molecule has 1 rings (SSSR count). The van der Waals surface area contributed by atoms with Gasteiger partial charge in [0.25, 0.3) is 0 Å². The molecule has 18 heavy (non-hydrogen) atoms. The summed E-state index contributed by atoms with van der Waals surface area (Å²) in [4.78, 5) is 12.0. The summed E-state index contributed by atoms with van der Waals surface area (Å²) in [6.45, 7) is 6.18. The van der Waals surface area contributed by atoms with Gasteiger partial charge in [0.15, 0.2) is 0 Å². The van der Waals surface area contributed by atoms with Crippen LogP contribution in [-0.4, -0.2) is 17.6 Å². The van der Waals surface area contributed by atoms with Crippen molar-refractivity contribution in [1.29, 1.82) is 0 Å². The number of carbonyl (C=O) groups is 1. The zero-order chi connectivity index (χ0) is 13.6. The van der Waals surface area contributed by atoms with Gasteiger partial charge in [-0.15, -0.1) is 0 Å². The Morgan fingerprint density at radius 1 is 1.22 bits per heavy atom. The van der Waals surface area contributed by atoms with Crippen molar-refractivity contribution >= 4 is 5.97 Å². The highest BCUT2D eigenvalue weighted by Gasteiger charge is 2.40. The predicted octanol–water partition coefficient (Wildman–Crippen LogP) is 3.41. The maximum atomic E-state index is 12.0. The maximum Gasteiger partial charge on any atom is 0.323 e. The number of hydrogen-bond donors (Lipinski definition) is 1. The lowest BCUT2D eigenvalue weighted by Gasteiger charge is -2.41. The summed E-state index contributed by atoms with van der Waals surface area (Å²) in [5, 5.41) is 0. The summed E-state index contributed by atoms with van der Waals surface area (Å²) < 4.78 is 5.86. The van der Waals surface area contributed by atoms with E-state index < -0.39 is 6.04 Å². The van der Waals surface area contributed by atoms with E-state index in [1.165, 1.54) is 32.1 Å². The lowest BCUT2D eigenvalue weighted by molar-refractivity contribution is -0.171. The second kappa shape index (κ2) is 7.13. The van der Waals surface area contributed by atoms with Gasteiger partial charge >= 0.3 is 5.97 Å². The molecule has 1 atom stereocenters. The Bertz CT molecular complexity index is 255. The van der Waals surface area contributed by atoms with Crippen LogP contribution in [0.15, 0.2) is 0 Å². The molecule has 1 fully saturated rings. The van der Waals surface area contributed by atoms with Crippen molar-refractivity contribution in [3.05, 3.63) is 0 Å². The van der Waals surface area contributed by atoms with E-state index in [1.54, 1.807) is 0 Å². The highest BCUT2D eigenvalue weighted by Crippen LogP contribution is 2.39. The summed E-state index contributed by atoms with van der Waals surface area (Å²) in [6.07, 6.45) is 8.68. The summed E-state index contributed by atoms with van der Waals surface area (Å²) in [5.74, 6) is 0.307. The van der Waals surface area contributed by atoms with Crippen LogP contribution in [0.1, 0.15) is 72.1 Å². The second-order valence-electron chi connectivity index (χ2n) is 5.54. The van der Waals surface area contributed by atoms with E-state index in [0.29, 0.717) is 12.3 Å². The van der Waals surface area contributed by atoms with Crippen LogP contribution in [0.2, 0.25) is 0 Å². The predicted molar refractivity (Wildman–Crippen MR) is 74.2 cm³/mol. The van der Waals surface area contributed by atoms with Crippen molar-refractivity contribution in [1.82, 2.24) is 0 Å². The van der Waals surface area contributed by atoms with Crippen LogP contribution in [0.3, 0.4) is 0 Å². The van der Waals surface area contributed by atoms with Gasteiger partial charge in [-0.25, -0.2) is 0 Å². The molecule has 3 nitrogen and oxygen atoms in total. The molecule has 0 aromatic carbocycles. The minimum atomic E-state index is -0.467. The molecule has 1 unspecified atom stereocenters. The van der Waals surface area contributed by atoms with Crippen molar-refractivity contribution in [2.24, 2.45) is 11.7 Å². The zero-order valence-electron chi connectivity index (χ0n) is 12.2. The molecule has 2 N–H and O–H groups in total. The fourth-order valence-corrected chi connectivity index (χ4v) is 3.13. The average Bonchev–Trinajstić information content (AvgIpc) is 2.44. The fraction of sp³-hybridized carbons (Fsp3) is 0.933. The van der Waals surface area contributed by atoms with E-state index in [4.69, 9.17) is 10.5 Å². The Labute approximate surface area is 111 Å². The molecule has 1 saturated carbocycles. The van der Waals surface area contributed by atoms with Gasteiger partial charge in [0.05, 0.1) is 0 Å². The first-order chi connectivity index (χ1) is 8.59. The largest absolute Gasteiger partial charge is 0.458 e. The van der Waals surface area contributed by atoms with Crippen molar-refractivity contribution in [3.63, 3.8) is 0 Å². The van der Waals surface area contributed by atoms with Crippen LogP contribution in [0.5, 0.6) is 0 Å². The first kappa shape index (κ1) is 15.5. The van der Waals surface area contributed by atoms with Crippen molar-refractivity contribution in [3.8, 4) is 0 Å². The van der Waals surface area contributed by atoms with Gasteiger partial charge in [0.2, 0.25) is 0 Å². The van der Waals surface area contributed by atoms with Crippen LogP contribution < -0.4 is 5.73 Å². The van der Waals surface area contributed by atoms with E-state index in [-0.39, 0.29) is 11.6 Å². The molecule has 0 spiro atoms. The molecule has 106 valence electrons. The van der Waals surface area contributed by atoms with E-state index >= 15 is 0 Å².